The van der Waals surface area contributed by atoms with E-state index < -0.39 is 16.0 Å². The number of carboxylic acid groups (broad SMARTS) is 1. The highest BCUT2D eigenvalue weighted by Crippen LogP contribution is 2.27. The molecule has 21 heavy (non-hydrogen) atoms. The maximum absolute atomic E-state index is 12.5. The number of carbonyl (C=O) groups excluding carboxylic acids is 1. The fraction of sp³-hybridized carbons (Fsp3) is 0.333. The Morgan fingerprint density at radius 3 is 2.57 bits per heavy atom. The lowest BCUT2D eigenvalue weighted by Gasteiger charge is -2.17. The minimum Gasteiger partial charge on any atom is -0.478 e. The number of nitrogens with zero attached hydrogens (tertiary/aromatic N) is 2. The minimum absolute atomic E-state index is 0.00475. The van der Waals surface area contributed by atoms with E-state index in [4.69, 9.17) is 5.11 Å². The molecule has 1 N–H and O–H groups in total. The second-order valence-corrected chi connectivity index (χ2v) is 7.22. The molecule has 7 nitrogen and oxygen atoms in total. The second kappa shape index (κ2) is 5.74. The van der Waals surface area contributed by atoms with Gasteiger partial charge in [0.15, 0.2) is 0 Å². The summed E-state index contributed by atoms with van der Waals surface area (Å²) in [5.41, 5.74) is -0.0199. The van der Waals surface area contributed by atoms with Gasteiger partial charge in [0.25, 0.3) is 0 Å². The number of likely N-dealkylation sites (N-methyl/N-ethyl adjacent to an activating group) is 1. The lowest BCUT2D eigenvalue weighted by molar-refractivity contribution is -0.126. The molecule has 0 aromatic heterocycles. The van der Waals surface area contributed by atoms with Crippen molar-refractivity contribution in [3.05, 3.63) is 28.2 Å². The summed E-state index contributed by atoms with van der Waals surface area (Å²) in [7, 11) is -3.86. The average molecular weight is 377 g/mol. The smallest absolute Gasteiger partial charge is 0.335 e. The van der Waals surface area contributed by atoms with Gasteiger partial charge in [-0.25, -0.2) is 13.2 Å². The average Bonchev–Trinajstić information content (AvgIpc) is 2.80. The van der Waals surface area contributed by atoms with Crippen LogP contribution in [0.5, 0.6) is 0 Å². The molecule has 114 valence electrons. The number of benzene rings is 1. The van der Waals surface area contributed by atoms with Crippen LogP contribution in [-0.4, -0.2) is 54.4 Å². The van der Waals surface area contributed by atoms with Crippen molar-refractivity contribution < 1.29 is 23.1 Å². The SMILES string of the molecule is CCN1CN(S(=O)(=O)c2ccc(C(=O)O)cc2Br)CC1=O. The minimum atomic E-state index is -3.86. The summed E-state index contributed by atoms with van der Waals surface area (Å²) in [6.07, 6.45) is 0. The summed E-state index contributed by atoms with van der Waals surface area (Å²) in [5.74, 6) is -1.40. The molecule has 0 unspecified atom stereocenters. The van der Waals surface area contributed by atoms with Gasteiger partial charge in [-0.3, -0.25) is 4.79 Å². The molecule has 1 heterocycles. The number of halogens is 1. The lowest BCUT2D eigenvalue weighted by atomic mass is 10.2. The van der Waals surface area contributed by atoms with Gasteiger partial charge in [0.1, 0.15) is 0 Å². The van der Waals surface area contributed by atoms with Crippen LogP contribution in [0.3, 0.4) is 0 Å². The quantitative estimate of drug-likeness (QED) is 0.844. The molecule has 1 fully saturated rings. The largest absolute Gasteiger partial charge is 0.478 e. The number of carboxylic acids is 1. The van der Waals surface area contributed by atoms with E-state index >= 15 is 0 Å². The molecule has 1 aromatic rings. The number of carbonyl (C=O) groups is 2. The van der Waals surface area contributed by atoms with Crippen LogP contribution in [-0.2, 0) is 14.8 Å². The Kier molecular flexibility index (Phi) is 4.35. The molecule has 2 rings (SSSR count). The second-order valence-electron chi connectivity index (χ2n) is 4.46. The van der Waals surface area contributed by atoms with Crippen molar-refractivity contribution in [2.24, 2.45) is 0 Å². The Bertz CT molecular complexity index is 704. The predicted octanol–water partition coefficient (Wildman–Crippen LogP) is 0.958. The molecule has 0 atom stereocenters. The topological polar surface area (TPSA) is 95.0 Å². The summed E-state index contributed by atoms with van der Waals surface area (Å²) in [5, 5.41) is 8.88. The van der Waals surface area contributed by atoms with E-state index in [1.165, 1.54) is 23.1 Å². The van der Waals surface area contributed by atoms with Gasteiger partial charge in [-0.15, -0.1) is 0 Å². The van der Waals surface area contributed by atoms with Crippen LogP contribution in [0.25, 0.3) is 0 Å². The molecule has 9 heteroatoms. The van der Waals surface area contributed by atoms with Gasteiger partial charge in [-0.05, 0) is 41.1 Å². The Hall–Kier alpha value is -1.45. The van der Waals surface area contributed by atoms with Crippen molar-refractivity contribution in [1.29, 1.82) is 0 Å². The maximum atomic E-state index is 12.5. The molecular formula is C12H13BrN2O5S. The predicted molar refractivity (Wildman–Crippen MR) is 77.2 cm³/mol. The zero-order valence-corrected chi connectivity index (χ0v) is 13.5. The van der Waals surface area contributed by atoms with E-state index in [2.05, 4.69) is 15.9 Å². The first-order valence-electron chi connectivity index (χ1n) is 6.08. The number of rotatable bonds is 4. The van der Waals surface area contributed by atoms with Gasteiger partial charge >= 0.3 is 5.97 Å². The zero-order chi connectivity index (χ0) is 15.8. The molecular weight excluding hydrogens is 364 g/mol. The summed E-state index contributed by atoms with van der Waals surface area (Å²) in [4.78, 5) is 23.9. The van der Waals surface area contributed by atoms with Crippen molar-refractivity contribution in [3.63, 3.8) is 0 Å². The molecule has 0 bridgehead atoms. The van der Waals surface area contributed by atoms with Crippen molar-refractivity contribution in [2.45, 2.75) is 11.8 Å². The van der Waals surface area contributed by atoms with Gasteiger partial charge in [0.05, 0.1) is 23.7 Å². The van der Waals surface area contributed by atoms with Crippen LogP contribution in [0, 0.1) is 0 Å². The highest BCUT2D eigenvalue weighted by atomic mass is 79.9. The molecule has 1 aliphatic heterocycles. The van der Waals surface area contributed by atoms with Gasteiger partial charge in [-0.1, -0.05) is 0 Å². The van der Waals surface area contributed by atoms with Gasteiger partial charge in [0.2, 0.25) is 15.9 Å². The molecule has 1 amide bonds. The molecule has 0 spiro atoms. The molecule has 1 saturated heterocycles. The monoisotopic (exact) mass is 376 g/mol. The summed E-state index contributed by atoms with van der Waals surface area (Å²) in [6.45, 7) is 2.00. The Morgan fingerprint density at radius 1 is 1.43 bits per heavy atom. The third-order valence-corrected chi connectivity index (χ3v) is 5.93. The molecule has 1 aromatic carbocycles. The van der Waals surface area contributed by atoms with Gasteiger partial charge in [0, 0.05) is 11.0 Å². The fourth-order valence-corrected chi connectivity index (χ4v) is 4.38. The van der Waals surface area contributed by atoms with Gasteiger partial charge in [-0.2, -0.15) is 4.31 Å². The van der Waals surface area contributed by atoms with Crippen molar-refractivity contribution >= 4 is 37.8 Å². The number of amides is 1. The Morgan fingerprint density at radius 2 is 2.10 bits per heavy atom. The van der Waals surface area contributed by atoms with Gasteiger partial charge < -0.3 is 10.0 Å². The van der Waals surface area contributed by atoms with Crippen molar-refractivity contribution in [2.75, 3.05) is 19.8 Å². The molecule has 0 saturated carbocycles. The Labute approximate surface area is 130 Å². The maximum Gasteiger partial charge on any atom is 0.335 e. The van der Waals surface area contributed by atoms with E-state index in [-0.39, 0.29) is 34.1 Å². The number of aromatic carboxylic acids is 1. The highest BCUT2D eigenvalue weighted by molar-refractivity contribution is 9.10. The van der Waals surface area contributed by atoms with E-state index in [9.17, 15) is 18.0 Å². The van der Waals surface area contributed by atoms with Crippen molar-refractivity contribution in [3.8, 4) is 0 Å². The number of hydrogen-bond acceptors (Lipinski definition) is 4. The normalized spacial score (nSPS) is 16.5. The van der Waals surface area contributed by atoms with E-state index in [0.717, 1.165) is 4.31 Å². The van der Waals surface area contributed by atoms with Crippen LogP contribution >= 0.6 is 15.9 Å². The van der Waals surface area contributed by atoms with Crippen LogP contribution in [0.4, 0.5) is 0 Å². The van der Waals surface area contributed by atoms with E-state index in [1.54, 1.807) is 6.92 Å². The summed E-state index contributed by atoms with van der Waals surface area (Å²) in [6, 6.07) is 3.67. The van der Waals surface area contributed by atoms with Crippen molar-refractivity contribution in [1.82, 2.24) is 9.21 Å². The first-order valence-corrected chi connectivity index (χ1v) is 8.31. The molecule has 0 aliphatic carbocycles. The number of hydrogen-bond donors (Lipinski definition) is 1. The third-order valence-electron chi connectivity index (χ3n) is 3.17. The van der Waals surface area contributed by atoms with Crippen LogP contribution < -0.4 is 0 Å². The highest BCUT2D eigenvalue weighted by Gasteiger charge is 2.36. The molecule has 1 aliphatic rings. The first-order chi connectivity index (χ1) is 9.77. The van der Waals surface area contributed by atoms with Crippen LogP contribution in [0.2, 0.25) is 0 Å². The zero-order valence-electron chi connectivity index (χ0n) is 11.1. The number of sulfonamides is 1. The molecule has 0 radical (unpaired) electrons. The summed E-state index contributed by atoms with van der Waals surface area (Å²) < 4.78 is 26.3. The van der Waals surface area contributed by atoms with E-state index in [1.807, 2.05) is 0 Å². The fourth-order valence-electron chi connectivity index (χ4n) is 1.99. The Balaban J connectivity index is 2.37. The van der Waals surface area contributed by atoms with E-state index in [0.29, 0.717) is 6.54 Å². The van der Waals surface area contributed by atoms with Crippen LogP contribution in [0.1, 0.15) is 17.3 Å². The standard InChI is InChI=1S/C12H13BrN2O5S/c1-2-14-7-15(6-11(14)16)21(19,20)10-4-3-8(12(17)18)5-9(10)13/h3-5H,2,6-7H2,1H3,(H,17,18). The van der Waals surface area contributed by atoms with Crippen LogP contribution in [0.15, 0.2) is 27.6 Å². The first kappa shape index (κ1) is 15.9. The third kappa shape index (κ3) is 2.94. The summed E-state index contributed by atoms with van der Waals surface area (Å²) >= 11 is 3.08. The lowest BCUT2D eigenvalue weighted by Crippen LogP contribution is -2.31.